The van der Waals surface area contributed by atoms with Gasteiger partial charge in [0.25, 0.3) is 0 Å². The number of nitrogens with zero attached hydrogens (tertiary/aromatic N) is 2. The van der Waals surface area contributed by atoms with E-state index in [0.717, 1.165) is 11.1 Å². The molecule has 0 fully saturated rings. The average Bonchev–Trinajstić information content (AvgIpc) is 2.75. The quantitative estimate of drug-likeness (QED) is 0.297. The van der Waals surface area contributed by atoms with Crippen molar-refractivity contribution in [3.63, 3.8) is 0 Å². The van der Waals surface area contributed by atoms with Gasteiger partial charge in [-0.3, -0.25) is 10.1 Å². The summed E-state index contributed by atoms with van der Waals surface area (Å²) in [6.45, 7) is 0.654. The molecule has 0 bridgehead atoms. The molecule has 0 heterocycles. The molecule has 0 aliphatic carbocycles. The van der Waals surface area contributed by atoms with Crippen molar-refractivity contribution in [1.29, 1.82) is 0 Å². The number of hydrogen-bond acceptors (Lipinski definition) is 6. The van der Waals surface area contributed by atoms with Crippen molar-refractivity contribution in [2.75, 3.05) is 7.11 Å². The normalized spacial score (nSPS) is 10.7. The molecule has 0 amide bonds. The Balaban J connectivity index is 1.76. The SMILES string of the molecule is COc1cc(C=NNCc2ccccc2)cc([N+](=O)[O-])c1OCc1cccc(Cl)c1. The molecular formula is C22H20ClN3O4. The Morgan fingerprint density at radius 1 is 1.10 bits per heavy atom. The van der Waals surface area contributed by atoms with Crippen LogP contribution in [0.3, 0.4) is 0 Å². The molecule has 154 valence electrons. The van der Waals surface area contributed by atoms with E-state index in [1.807, 2.05) is 36.4 Å². The Hall–Kier alpha value is -3.58. The van der Waals surface area contributed by atoms with Gasteiger partial charge >= 0.3 is 5.69 Å². The number of nitrogens with one attached hydrogen (secondary N) is 1. The number of ether oxygens (including phenoxy) is 2. The molecular weight excluding hydrogens is 406 g/mol. The summed E-state index contributed by atoms with van der Waals surface area (Å²) in [6.07, 6.45) is 1.50. The van der Waals surface area contributed by atoms with Crippen LogP contribution in [0.4, 0.5) is 5.69 Å². The molecule has 0 saturated heterocycles. The van der Waals surface area contributed by atoms with Gasteiger partial charge in [0.15, 0.2) is 5.75 Å². The number of benzene rings is 3. The van der Waals surface area contributed by atoms with Crippen LogP contribution in [0.15, 0.2) is 71.8 Å². The molecule has 0 spiro atoms. The predicted octanol–water partition coefficient (Wildman–Crippen LogP) is 4.96. The zero-order valence-electron chi connectivity index (χ0n) is 16.2. The van der Waals surface area contributed by atoms with Crippen molar-refractivity contribution >= 4 is 23.5 Å². The highest BCUT2D eigenvalue weighted by Crippen LogP contribution is 2.38. The lowest BCUT2D eigenvalue weighted by Crippen LogP contribution is -2.06. The van der Waals surface area contributed by atoms with Crippen LogP contribution in [-0.4, -0.2) is 18.2 Å². The van der Waals surface area contributed by atoms with Crippen LogP contribution in [0.1, 0.15) is 16.7 Å². The van der Waals surface area contributed by atoms with Gasteiger partial charge < -0.3 is 14.9 Å². The van der Waals surface area contributed by atoms with Gasteiger partial charge in [-0.25, -0.2) is 0 Å². The summed E-state index contributed by atoms with van der Waals surface area (Å²) in [5.41, 5.74) is 5.08. The van der Waals surface area contributed by atoms with Crippen LogP contribution in [0.2, 0.25) is 5.02 Å². The van der Waals surface area contributed by atoms with Crippen LogP contribution < -0.4 is 14.9 Å². The maximum absolute atomic E-state index is 11.6. The standard InChI is InChI=1S/C22H20ClN3O4/c1-29-21-12-18(14-25-24-13-16-6-3-2-4-7-16)11-20(26(27)28)22(21)30-15-17-8-5-9-19(23)10-17/h2-12,14,24H,13,15H2,1H3. The number of hydrazone groups is 1. The van der Waals surface area contributed by atoms with E-state index in [0.29, 0.717) is 17.1 Å². The van der Waals surface area contributed by atoms with Crippen LogP contribution in [0.5, 0.6) is 11.5 Å². The Bertz CT molecular complexity index is 1040. The Labute approximate surface area is 179 Å². The largest absolute Gasteiger partial charge is 0.493 e. The molecule has 7 nitrogen and oxygen atoms in total. The molecule has 0 aliphatic heterocycles. The number of nitro benzene ring substituents is 1. The van der Waals surface area contributed by atoms with Crippen molar-refractivity contribution in [3.8, 4) is 11.5 Å². The van der Waals surface area contributed by atoms with Gasteiger partial charge in [-0.05, 0) is 29.3 Å². The highest BCUT2D eigenvalue weighted by atomic mass is 35.5. The number of rotatable bonds is 9. The molecule has 30 heavy (non-hydrogen) atoms. The highest BCUT2D eigenvalue weighted by molar-refractivity contribution is 6.30. The number of methoxy groups -OCH3 is 1. The van der Waals surface area contributed by atoms with Gasteiger partial charge in [0.05, 0.1) is 24.8 Å². The molecule has 0 radical (unpaired) electrons. The maximum Gasteiger partial charge on any atom is 0.315 e. The monoisotopic (exact) mass is 425 g/mol. The topological polar surface area (TPSA) is 86.0 Å². The van der Waals surface area contributed by atoms with E-state index >= 15 is 0 Å². The first kappa shape index (κ1) is 21.1. The van der Waals surface area contributed by atoms with Gasteiger partial charge in [0.1, 0.15) is 6.61 Å². The third-order valence-electron chi connectivity index (χ3n) is 4.18. The minimum absolute atomic E-state index is 0.0527. The van der Waals surface area contributed by atoms with Gasteiger partial charge in [0, 0.05) is 16.7 Å². The zero-order valence-corrected chi connectivity index (χ0v) is 17.0. The van der Waals surface area contributed by atoms with Crippen LogP contribution in [-0.2, 0) is 13.2 Å². The van der Waals surface area contributed by atoms with E-state index in [1.54, 1.807) is 24.3 Å². The van der Waals surface area contributed by atoms with E-state index in [2.05, 4.69) is 10.5 Å². The second-order valence-corrected chi connectivity index (χ2v) is 6.76. The lowest BCUT2D eigenvalue weighted by molar-refractivity contribution is -0.386. The van der Waals surface area contributed by atoms with Crippen LogP contribution in [0, 0.1) is 10.1 Å². The Morgan fingerprint density at radius 3 is 2.57 bits per heavy atom. The lowest BCUT2D eigenvalue weighted by Gasteiger charge is -2.12. The molecule has 0 aliphatic rings. The number of hydrogen-bond donors (Lipinski definition) is 1. The first-order valence-corrected chi connectivity index (χ1v) is 9.48. The summed E-state index contributed by atoms with van der Waals surface area (Å²) in [5.74, 6) is 0.299. The van der Waals surface area contributed by atoms with Crippen molar-refractivity contribution < 1.29 is 14.4 Å². The second-order valence-electron chi connectivity index (χ2n) is 6.33. The van der Waals surface area contributed by atoms with E-state index in [-0.39, 0.29) is 23.8 Å². The third-order valence-corrected chi connectivity index (χ3v) is 4.41. The molecule has 1 N–H and O–H groups in total. The fourth-order valence-corrected chi connectivity index (χ4v) is 2.96. The van der Waals surface area contributed by atoms with E-state index in [1.165, 1.54) is 19.4 Å². The van der Waals surface area contributed by atoms with Crippen LogP contribution in [0.25, 0.3) is 0 Å². The fourth-order valence-electron chi connectivity index (χ4n) is 2.75. The maximum atomic E-state index is 11.6. The fraction of sp³-hybridized carbons (Fsp3) is 0.136. The molecule has 3 aromatic rings. The molecule has 0 atom stereocenters. The van der Waals surface area contributed by atoms with Crippen molar-refractivity contribution in [3.05, 3.63) is 98.6 Å². The summed E-state index contributed by atoms with van der Waals surface area (Å²) >= 11 is 5.98. The second kappa shape index (κ2) is 10.3. The molecule has 8 heteroatoms. The number of nitro groups is 1. The minimum atomic E-state index is -0.509. The summed E-state index contributed by atoms with van der Waals surface area (Å²) in [7, 11) is 1.43. The van der Waals surface area contributed by atoms with E-state index in [4.69, 9.17) is 21.1 Å². The van der Waals surface area contributed by atoms with Gasteiger partial charge in [-0.1, -0.05) is 54.1 Å². The number of halogens is 1. The predicted molar refractivity (Wildman–Crippen MR) is 116 cm³/mol. The summed E-state index contributed by atoms with van der Waals surface area (Å²) < 4.78 is 11.0. The van der Waals surface area contributed by atoms with Crippen molar-refractivity contribution in [2.45, 2.75) is 13.2 Å². The van der Waals surface area contributed by atoms with Gasteiger partial charge in [-0.2, -0.15) is 5.10 Å². The van der Waals surface area contributed by atoms with Gasteiger partial charge in [0.2, 0.25) is 5.75 Å². The summed E-state index contributed by atoms with van der Waals surface area (Å²) in [6, 6.07) is 19.9. The molecule has 0 unspecified atom stereocenters. The molecule has 3 aromatic carbocycles. The Morgan fingerprint density at radius 2 is 1.87 bits per heavy atom. The van der Waals surface area contributed by atoms with E-state index < -0.39 is 4.92 Å². The minimum Gasteiger partial charge on any atom is -0.493 e. The molecule has 0 aromatic heterocycles. The summed E-state index contributed by atoms with van der Waals surface area (Å²) in [4.78, 5) is 11.1. The zero-order chi connectivity index (χ0) is 21.3. The van der Waals surface area contributed by atoms with E-state index in [9.17, 15) is 10.1 Å². The third kappa shape index (κ3) is 5.71. The van der Waals surface area contributed by atoms with Crippen LogP contribution >= 0.6 is 11.6 Å². The lowest BCUT2D eigenvalue weighted by atomic mass is 10.1. The average molecular weight is 426 g/mol. The molecule has 0 saturated carbocycles. The summed E-state index contributed by atoms with van der Waals surface area (Å²) in [5, 5.41) is 16.3. The molecule has 3 rings (SSSR count). The Kier molecular flexibility index (Phi) is 7.24. The highest BCUT2D eigenvalue weighted by Gasteiger charge is 2.22. The first-order chi connectivity index (χ1) is 14.6. The van der Waals surface area contributed by atoms with Crippen molar-refractivity contribution in [2.24, 2.45) is 5.10 Å². The van der Waals surface area contributed by atoms with Gasteiger partial charge in [-0.15, -0.1) is 0 Å². The van der Waals surface area contributed by atoms with Crippen molar-refractivity contribution in [1.82, 2.24) is 5.43 Å². The first-order valence-electron chi connectivity index (χ1n) is 9.10. The smallest absolute Gasteiger partial charge is 0.315 e.